The molecule has 0 aliphatic heterocycles. The summed E-state index contributed by atoms with van der Waals surface area (Å²) in [5.74, 6) is -1.09. The van der Waals surface area contributed by atoms with Crippen LogP contribution in [0.2, 0.25) is 0 Å². The number of nitrogens with one attached hydrogen (secondary N) is 2. The van der Waals surface area contributed by atoms with Gasteiger partial charge in [-0.15, -0.1) is 0 Å². The molecular formula is C23H23N3O3. The lowest BCUT2D eigenvalue weighted by Crippen LogP contribution is -2.44. The number of nitrogens with zero attached hydrogens (tertiary/aromatic N) is 1. The first-order valence-electron chi connectivity index (χ1n) is 10.0. The molecule has 0 saturated carbocycles. The predicted molar refractivity (Wildman–Crippen MR) is 109 cm³/mol. The average molecular weight is 389 g/mol. The number of hydrogen-bond donors (Lipinski definition) is 3. The standard InChI is InChI=1S/C23H23N3O3/c24-13-15-9-7-14(8-10-15)11-20(22(27)28)25-23(29)26-21-18-5-1-3-16(18)12-17-4-2-6-19(17)21/h7-10,12,20H,1-6,11H2,(H,27,28)(H2,25,26,29)/t20-/m1/s1. The summed E-state index contributed by atoms with van der Waals surface area (Å²) in [5, 5.41) is 24.0. The van der Waals surface area contributed by atoms with E-state index in [-0.39, 0.29) is 6.42 Å². The molecule has 0 radical (unpaired) electrons. The van der Waals surface area contributed by atoms with Crippen LogP contribution in [0, 0.1) is 11.3 Å². The van der Waals surface area contributed by atoms with E-state index in [0.29, 0.717) is 5.56 Å². The van der Waals surface area contributed by atoms with E-state index in [9.17, 15) is 14.7 Å². The second-order valence-corrected chi connectivity index (χ2v) is 7.74. The largest absolute Gasteiger partial charge is 0.480 e. The Morgan fingerprint density at radius 1 is 1.03 bits per heavy atom. The first kappa shape index (κ1) is 19.0. The predicted octanol–water partition coefficient (Wildman–Crippen LogP) is 3.35. The van der Waals surface area contributed by atoms with E-state index in [0.717, 1.165) is 49.8 Å². The van der Waals surface area contributed by atoms with Gasteiger partial charge in [0.05, 0.1) is 11.6 Å². The Kier molecular flexibility index (Phi) is 5.22. The maximum Gasteiger partial charge on any atom is 0.326 e. The SMILES string of the molecule is N#Cc1ccc(C[C@@H](NC(=O)Nc2c3c(cc4c2CCC4)CCC3)C(=O)O)cc1. The number of rotatable bonds is 5. The summed E-state index contributed by atoms with van der Waals surface area (Å²) in [5.41, 5.74) is 7.20. The molecule has 2 aromatic rings. The number of benzene rings is 2. The number of carboxylic acid groups (broad SMARTS) is 1. The molecule has 3 N–H and O–H groups in total. The summed E-state index contributed by atoms with van der Waals surface area (Å²) < 4.78 is 0. The molecule has 0 bridgehead atoms. The highest BCUT2D eigenvalue weighted by atomic mass is 16.4. The lowest BCUT2D eigenvalue weighted by molar-refractivity contribution is -0.139. The fourth-order valence-electron chi connectivity index (χ4n) is 4.43. The Morgan fingerprint density at radius 3 is 2.21 bits per heavy atom. The summed E-state index contributed by atoms with van der Waals surface area (Å²) in [6, 6.07) is 9.50. The Morgan fingerprint density at radius 2 is 1.66 bits per heavy atom. The molecule has 6 nitrogen and oxygen atoms in total. The van der Waals surface area contributed by atoms with E-state index in [4.69, 9.17) is 5.26 Å². The molecule has 0 heterocycles. The molecule has 0 unspecified atom stereocenters. The van der Waals surface area contributed by atoms with Crippen molar-refractivity contribution >= 4 is 17.7 Å². The Labute approximate surface area is 169 Å². The number of carboxylic acids is 1. The van der Waals surface area contributed by atoms with Crippen molar-refractivity contribution in [1.29, 1.82) is 5.26 Å². The van der Waals surface area contributed by atoms with Gasteiger partial charge < -0.3 is 15.7 Å². The van der Waals surface area contributed by atoms with Crippen LogP contribution in [-0.4, -0.2) is 23.1 Å². The topological polar surface area (TPSA) is 102 Å². The van der Waals surface area contributed by atoms with Crippen molar-refractivity contribution < 1.29 is 14.7 Å². The average Bonchev–Trinajstić information content (AvgIpc) is 3.37. The van der Waals surface area contributed by atoms with E-state index in [1.807, 2.05) is 6.07 Å². The molecule has 2 aliphatic carbocycles. The summed E-state index contributed by atoms with van der Waals surface area (Å²) in [7, 11) is 0. The normalized spacial score (nSPS) is 15.1. The molecule has 0 spiro atoms. The monoisotopic (exact) mass is 389 g/mol. The highest BCUT2D eigenvalue weighted by Gasteiger charge is 2.26. The summed E-state index contributed by atoms with van der Waals surface area (Å²) >= 11 is 0. The number of aliphatic carboxylic acids is 1. The third-order valence-electron chi connectivity index (χ3n) is 5.84. The number of anilines is 1. The number of carbonyl (C=O) groups is 2. The molecule has 4 rings (SSSR count). The minimum Gasteiger partial charge on any atom is -0.480 e. The van der Waals surface area contributed by atoms with E-state index in [2.05, 4.69) is 16.7 Å². The van der Waals surface area contributed by atoms with Gasteiger partial charge in [0.25, 0.3) is 0 Å². The van der Waals surface area contributed by atoms with Crippen molar-refractivity contribution in [3.63, 3.8) is 0 Å². The molecule has 2 amide bonds. The number of hydrogen-bond acceptors (Lipinski definition) is 3. The fraction of sp³-hybridized carbons (Fsp3) is 0.348. The van der Waals surface area contributed by atoms with Crippen LogP contribution >= 0.6 is 0 Å². The maximum atomic E-state index is 12.7. The number of urea groups is 1. The van der Waals surface area contributed by atoms with Gasteiger partial charge in [0, 0.05) is 12.1 Å². The highest BCUT2D eigenvalue weighted by molar-refractivity contribution is 5.94. The molecular weight excluding hydrogens is 366 g/mol. The van der Waals surface area contributed by atoms with Crippen LogP contribution in [0.3, 0.4) is 0 Å². The van der Waals surface area contributed by atoms with Crippen molar-refractivity contribution in [2.45, 2.75) is 51.0 Å². The Hall–Kier alpha value is -3.33. The van der Waals surface area contributed by atoms with Gasteiger partial charge in [-0.2, -0.15) is 5.26 Å². The smallest absolute Gasteiger partial charge is 0.326 e. The number of fused-ring (bicyclic) bond motifs is 2. The van der Waals surface area contributed by atoms with Gasteiger partial charge >= 0.3 is 12.0 Å². The van der Waals surface area contributed by atoms with Gasteiger partial charge in [0.1, 0.15) is 6.04 Å². The molecule has 0 aromatic heterocycles. The second-order valence-electron chi connectivity index (χ2n) is 7.74. The maximum absolute atomic E-state index is 12.7. The molecule has 6 heteroatoms. The highest BCUT2D eigenvalue weighted by Crippen LogP contribution is 2.38. The molecule has 29 heavy (non-hydrogen) atoms. The van der Waals surface area contributed by atoms with Gasteiger partial charge in [-0.3, -0.25) is 0 Å². The van der Waals surface area contributed by atoms with Crippen LogP contribution in [0.1, 0.15) is 46.2 Å². The van der Waals surface area contributed by atoms with E-state index >= 15 is 0 Å². The van der Waals surface area contributed by atoms with Gasteiger partial charge in [-0.25, -0.2) is 9.59 Å². The first-order chi connectivity index (χ1) is 14.0. The molecule has 148 valence electrons. The van der Waals surface area contributed by atoms with Crippen LogP contribution in [0.5, 0.6) is 0 Å². The molecule has 0 saturated heterocycles. The summed E-state index contributed by atoms with van der Waals surface area (Å²) in [4.78, 5) is 24.4. The first-order valence-corrected chi connectivity index (χ1v) is 10.0. The third-order valence-corrected chi connectivity index (χ3v) is 5.84. The Balaban J connectivity index is 1.50. The second kappa shape index (κ2) is 7.96. The van der Waals surface area contributed by atoms with Crippen molar-refractivity contribution in [3.8, 4) is 6.07 Å². The minimum atomic E-state index is -1.09. The van der Waals surface area contributed by atoms with Crippen LogP contribution in [-0.2, 0) is 36.9 Å². The van der Waals surface area contributed by atoms with Gasteiger partial charge in [0.15, 0.2) is 0 Å². The number of amides is 2. The van der Waals surface area contributed by atoms with Gasteiger partial charge in [-0.05, 0) is 78.5 Å². The van der Waals surface area contributed by atoms with Crippen molar-refractivity contribution in [3.05, 3.63) is 63.7 Å². The van der Waals surface area contributed by atoms with Crippen molar-refractivity contribution in [1.82, 2.24) is 5.32 Å². The van der Waals surface area contributed by atoms with Gasteiger partial charge in [0.2, 0.25) is 0 Å². The minimum absolute atomic E-state index is 0.152. The number of carbonyl (C=O) groups excluding carboxylic acids is 1. The number of nitriles is 1. The van der Waals surface area contributed by atoms with Crippen LogP contribution < -0.4 is 10.6 Å². The van der Waals surface area contributed by atoms with Crippen LogP contribution in [0.15, 0.2) is 30.3 Å². The van der Waals surface area contributed by atoms with E-state index in [1.54, 1.807) is 24.3 Å². The lowest BCUT2D eigenvalue weighted by atomic mass is 9.99. The van der Waals surface area contributed by atoms with Crippen LogP contribution in [0.25, 0.3) is 0 Å². The zero-order valence-corrected chi connectivity index (χ0v) is 16.1. The van der Waals surface area contributed by atoms with E-state index in [1.165, 1.54) is 22.3 Å². The lowest BCUT2D eigenvalue weighted by Gasteiger charge is -2.19. The molecule has 2 aliphatic rings. The van der Waals surface area contributed by atoms with Crippen LogP contribution in [0.4, 0.5) is 10.5 Å². The summed E-state index contributed by atoms with van der Waals surface area (Å²) in [6.45, 7) is 0. The quantitative estimate of drug-likeness (QED) is 0.730. The zero-order valence-electron chi connectivity index (χ0n) is 16.1. The van der Waals surface area contributed by atoms with E-state index < -0.39 is 18.0 Å². The fourth-order valence-corrected chi connectivity index (χ4v) is 4.43. The van der Waals surface area contributed by atoms with Crippen molar-refractivity contribution in [2.75, 3.05) is 5.32 Å². The molecule has 0 fully saturated rings. The molecule has 2 aromatic carbocycles. The number of aryl methyl sites for hydroxylation is 2. The zero-order chi connectivity index (χ0) is 20.4. The van der Waals surface area contributed by atoms with Crippen molar-refractivity contribution in [2.24, 2.45) is 0 Å². The third kappa shape index (κ3) is 3.95. The molecule has 1 atom stereocenters. The van der Waals surface area contributed by atoms with Gasteiger partial charge in [-0.1, -0.05) is 18.2 Å². The summed E-state index contributed by atoms with van der Waals surface area (Å²) in [6.07, 6.45) is 6.30. The Bertz CT molecular complexity index is 973.